The molecule has 2 aromatic carbocycles. The highest BCUT2D eigenvalue weighted by atomic mass is 35.5. The first kappa shape index (κ1) is 22.6. The highest BCUT2D eigenvalue weighted by Gasteiger charge is 2.33. The molecular weight excluding hydrogens is 451 g/mol. The van der Waals surface area contributed by atoms with Crippen molar-refractivity contribution in [1.82, 2.24) is 4.31 Å². The maximum atomic E-state index is 12.9. The molecule has 1 aliphatic heterocycles. The Morgan fingerprint density at radius 3 is 2.50 bits per heavy atom. The van der Waals surface area contributed by atoms with Crippen LogP contribution in [-0.2, 0) is 19.6 Å². The summed E-state index contributed by atoms with van der Waals surface area (Å²) in [6.45, 7) is 0.373. The van der Waals surface area contributed by atoms with E-state index in [9.17, 15) is 18.0 Å². The van der Waals surface area contributed by atoms with Gasteiger partial charge in [0, 0.05) is 18.1 Å². The second-order valence-electron chi connectivity index (χ2n) is 6.83. The molecule has 1 fully saturated rings. The molecule has 2 aromatic rings. The van der Waals surface area contributed by atoms with Crippen molar-refractivity contribution in [2.45, 2.75) is 17.7 Å². The van der Waals surface area contributed by atoms with Crippen LogP contribution in [0, 0.1) is 5.92 Å². The van der Waals surface area contributed by atoms with Crippen LogP contribution in [0.15, 0.2) is 47.4 Å². The van der Waals surface area contributed by atoms with Crippen molar-refractivity contribution in [3.8, 4) is 0 Å². The van der Waals surface area contributed by atoms with Crippen LogP contribution in [0.5, 0.6) is 0 Å². The Balaban J connectivity index is 1.75. The molecule has 0 unspecified atom stereocenters. The van der Waals surface area contributed by atoms with Gasteiger partial charge in [-0.15, -0.1) is 0 Å². The summed E-state index contributed by atoms with van der Waals surface area (Å²) in [5, 5.41) is 3.40. The van der Waals surface area contributed by atoms with Crippen LogP contribution >= 0.6 is 23.2 Å². The molecular formula is C20H20Cl2N2O5S. The van der Waals surface area contributed by atoms with Gasteiger partial charge in [-0.1, -0.05) is 23.2 Å². The number of amides is 1. The first-order valence-electron chi connectivity index (χ1n) is 9.17. The van der Waals surface area contributed by atoms with Gasteiger partial charge in [0.1, 0.15) is 0 Å². The van der Waals surface area contributed by atoms with Crippen LogP contribution < -0.4 is 5.32 Å². The number of hydrogen-bond donors (Lipinski definition) is 1. The summed E-state index contributed by atoms with van der Waals surface area (Å²) in [5.41, 5.74) is 0.509. The lowest BCUT2D eigenvalue weighted by Crippen LogP contribution is -2.43. The lowest BCUT2D eigenvalue weighted by atomic mass is 9.98. The Labute approximate surface area is 185 Å². The maximum Gasteiger partial charge on any atom is 0.337 e. The zero-order valence-corrected chi connectivity index (χ0v) is 18.4. The van der Waals surface area contributed by atoms with E-state index in [1.807, 2.05) is 0 Å². The van der Waals surface area contributed by atoms with Crippen molar-refractivity contribution in [1.29, 1.82) is 0 Å². The fourth-order valence-electron chi connectivity index (χ4n) is 3.23. The second-order valence-corrected chi connectivity index (χ2v) is 9.61. The molecule has 30 heavy (non-hydrogen) atoms. The minimum atomic E-state index is -3.74. The van der Waals surface area contributed by atoms with Gasteiger partial charge in [0.05, 0.1) is 34.2 Å². The third-order valence-electron chi connectivity index (χ3n) is 4.85. The van der Waals surface area contributed by atoms with E-state index in [2.05, 4.69) is 10.1 Å². The average molecular weight is 471 g/mol. The molecule has 0 aromatic heterocycles. The van der Waals surface area contributed by atoms with Gasteiger partial charge in [0.15, 0.2) is 0 Å². The molecule has 1 amide bonds. The number of nitrogens with one attached hydrogen (secondary N) is 1. The van der Waals surface area contributed by atoms with Crippen LogP contribution in [-0.4, -0.2) is 44.8 Å². The summed E-state index contributed by atoms with van der Waals surface area (Å²) in [5.74, 6) is -1.48. The van der Waals surface area contributed by atoms with E-state index in [4.69, 9.17) is 23.2 Å². The maximum absolute atomic E-state index is 12.9. The smallest absolute Gasteiger partial charge is 0.337 e. The van der Waals surface area contributed by atoms with E-state index in [-0.39, 0.29) is 33.6 Å². The highest BCUT2D eigenvalue weighted by Crippen LogP contribution is 2.28. The van der Waals surface area contributed by atoms with Gasteiger partial charge < -0.3 is 10.1 Å². The molecule has 7 nitrogen and oxygen atoms in total. The molecule has 160 valence electrons. The van der Waals surface area contributed by atoms with E-state index in [1.54, 1.807) is 0 Å². The number of halogens is 2. The van der Waals surface area contributed by atoms with Crippen molar-refractivity contribution in [3.63, 3.8) is 0 Å². The Bertz CT molecular complexity index is 1060. The van der Waals surface area contributed by atoms with Crippen LogP contribution in [0.3, 0.4) is 0 Å². The predicted molar refractivity (Wildman–Crippen MR) is 114 cm³/mol. The van der Waals surface area contributed by atoms with Crippen LogP contribution in [0.2, 0.25) is 10.0 Å². The van der Waals surface area contributed by atoms with Crippen molar-refractivity contribution in [2.75, 3.05) is 25.5 Å². The Hall–Kier alpha value is -2.13. The molecule has 1 saturated heterocycles. The summed E-state index contributed by atoms with van der Waals surface area (Å²) in [4.78, 5) is 24.6. The molecule has 0 aliphatic carbocycles. The van der Waals surface area contributed by atoms with Crippen LogP contribution in [0.25, 0.3) is 0 Å². The largest absolute Gasteiger partial charge is 0.465 e. The normalized spacial score (nSPS) is 17.4. The molecule has 0 spiro atoms. The summed E-state index contributed by atoms with van der Waals surface area (Å²) < 4.78 is 31.8. The number of anilines is 1. The molecule has 1 atom stereocenters. The summed E-state index contributed by atoms with van der Waals surface area (Å²) in [6.07, 6.45) is 1.08. The van der Waals surface area contributed by atoms with Gasteiger partial charge in [0.25, 0.3) is 0 Å². The van der Waals surface area contributed by atoms with E-state index < -0.39 is 21.9 Å². The molecule has 3 rings (SSSR count). The number of carbonyl (C=O) groups is 2. The number of carbonyl (C=O) groups excluding carboxylic acids is 2. The quantitative estimate of drug-likeness (QED) is 0.670. The molecule has 1 N–H and O–H groups in total. The standard InChI is InChI=1S/C20H20Cl2N2O5S/c1-29-20(26)13-4-9-17(22)18(11-13)23-19(25)14-3-2-10-24(12-14)30(27,28)16-7-5-15(21)6-8-16/h4-9,11,14H,2-3,10,12H2,1H3,(H,23,25)/t14-/m1/s1. The first-order valence-corrected chi connectivity index (χ1v) is 11.4. The third kappa shape index (κ3) is 4.95. The molecule has 0 radical (unpaired) electrons. The summed E-state index contributed by atoms with van der Waals surface area (Å²) >= 11 is 12.0. The van der Waals surface area contributed by atoms with Crippen LogP contribution in [0.4, 0.5) is 5.69 Å². The molecule has 1 heterocycles. The first-order chi connectivity index (χ1) is 14.2. The van der Waals surface area contributed by atoms with Gasteiger partial charge in [-0.3, -0.25) is 4.79 Å². The topological polar surface area (TPSA) is 92.8 Å². The number of esters is 1. The molecule has 0 bridgehead atoms. The minimum Gasteiger partial charge on any atom is -0.465 e. The fraction of sp³-hybridized carbons (Fsp3) is 0.300. The Kier molecular flexibility index (Phi) is 7.02. The molecule has 0 saturated carbocycles. The zero-order chi connectivity index (χ0) is 21.9. The van der Waals surface area contributed by atoms with Crippen molar-refractivity contribution in [2.24, 2.45) is 5.92 Å². The minimum absolute atomic E-state index is 0.0467. The molecule has 1 aliphatic rings. The fourth-order valence-corrected chi connectivity index (χ4v) is 5.05. The number of nitrogens with zero attached hydrogens (tertiary/aromatic N) is 1. The number of piperidine rings is 1. The number of hydrogen-bond acceptors (Lipinski definition) is 5. The lowest BCUT2D eigenvalue weighted by molar-refractivity contribution is -0.120. The lowest BCUT2D eigenvalue weighted by Gasteiger charge is -2.31. The van der Waals surface area contributed by atoms with Gasteiger partial charge in [-0.05, 0) is 55.3 Å². The van der Waals surface area contributed by atoms with E-state index in [0.29, 0.717) is 24.4 Å². The number of methoxy groups -OCH3 is 1. The van der Waals surface area contributed by atoms with Crippen molar-refractivity contribution >= 4 is 50.8 Å². The van der Waals surface area contributed by atoms with Crippen molar-refractivity contribution in [3.05, 3.63) is 58.1 Å². The SMILES string of the molecule is COC(=O)c1ccc(Cl)c(NC(=O)[C@@H]2CCCN(S(=O)(=O)c3ccc(Cl)cc3)C2)c1. The van der Waals surface area contributed by atoms with Gasteiger partial charge in [0.2, 0.25) is 15.9 Å². The summed E-state index contributed by atoms with van der Waals surface area (Å²) in [6, 6.07) is 10.3. The Morgan fingerprint density at radius 1 is 1.13 bits per heavy atom. The molecule has 10 heteroatoms. The van der Waals surface area contributed by atoms with E-state index in [1.165, 1.54) is 53.9 Å². The monoisotopic (exact) mass is 470 g/mol. The Morgan fingerprint density at radius 2 is 1.83 bits per heavy atom. The van der Waals surface area contributed by atoms with E-state index in [0.717, 1.165) is 0 Å². The predicted octanol–water partition coefficient (Wildman–Crippen LogP) is 3.82. The average Bonchev–Trinajstić information content (AvgIpc) is 2.75. The number of ether oxygens (including phenoxy) is 1. The van der Waals surface area contributed by atoms with E-state index >= 15 is 0 Å². The summed E-state index contributed by atoms with van der Waals surface area (Å²) in [7, 11) is -2.48. The van der Waals surface area contributed by atoms with Gasteiger partial charge in [-0.25, -0.2) is 13.2 Å². The second kappa shape index (κ2) is 9.34. The third-order valence-corrected chi connectivity index (χ3v) is 7.31. The number of benzene rings is 2. The zero-order valence-electron chi connectivity index (χ0n) is 16.1. The highest BCUT2D eigenvalue weighted by molar-refractivity contribution is 7.89. The van der Waals surface area contributed by atoms with Crippen LogP contribution in [0.1, 0.15) is 23.2 Å². The number of rotatable bonds is 5. The van der Waals surface area contributed by atoms with Gasteiger partial charge in [-0.2, -0.15) is 4.31 Å². The van der Waals surface area contributed by atoms with Gasteiger partial charge >= 0.3 is 5.97 Å². The van der Waals surface area contributed by atoms with Crippen molar-refractivity contribution < 1.29 is 22.7 Å². The number of sulfonamides is 1.